The number of nitrogens with two attached hydrogens (primary N) is 1. The van der Waals surface area contributed by atoms with Crippen LogP contribution in [0.25, 0.3) is 10.9 Å². The van der Waals surface area contributed by atoms with E-state index >= 15 is 0 Å². The molecule has 0 radical (unpaired) electrons. The molecule has 6 heteroatoms. The average Bonchev–Trinajstić information content (AvgIpc) is 2.38. The Morgan fingerprint density at radius 2 is 2.28 bits per heavy atom. The van der Waals surface area contributed by atoms with E-state index in [1.165, 1.54) is 6.07 Å². The van der Waals surface area contributed by atoms with Crippen molar-refractivity contribution in [2.75, 3.05) is 11.9 Å². The fraction of sp³-hybridized carbons (Fsp3) is 0.250. The summed E-state index contributed by atoms with van der Waals surface area (Å²) >= 11 is 0. The minimum absolute atomic E-state index is 0.0107. The van der Waals surface area contributed by atoms with Gasteiger partial charge < -0.3 is 11.1 Å². The van der Waals surface area contributed by atoms with Crippen molar-refractivity contribution in [1.82, 2.24) is 4.98 Å². The van der Waals surface area contributed by atoms with E-state index in [1.54, 1.807) is 24.4 Å². The summed E-state index contributed by atoms with van der Waals surface area (Å²) in [6.45, 7) is 2.43. The minimum Gasteiger partial charge on any atom is -0.381 e. The second kappa shape index (κ2) is 4.97. The summed E-state index contributed by atoms with van der Waals surface area (Å²) in [7, 11) is 0. The van der Waals surface area contributed by atoms with Gasteiger partial charge in [-0.15, -0.1) is 0 Å². The second-order valence-corrected chi connectivity index (χ2v) is 4.07. The quantitative estimate of drug-likeness (QED) is 0.634. The monoisotopic (exact) mass is 246 g/mol. The van der Waals surface area contributed by atoms with Crippen molar-refractivity contribution in [2.45, 2.75) is 13.0 Å². The van der Waals surface area contributed by atoms with Crippen LogP contribution >= 0.6 is 0 Å². The predicted octanol–water partition coefficient (Wildman–Crippen LogP) is 1.90. The minimum atomic E-state index is -0.425. The van der Waals surface area contributed by atoms with Gasteiger partial charge in [0.2, 0.25) is 0 Å². The first-order chi connectivity index (χ1) is 8.63. The number of nitro benzene ring substituents is 1. The molecule has 0 saturated heterocycles. The van der Waals surface area contributed by atoms with E-state index in [-0.39, 0.29) is 11.7 Å². The van der Waals surface area contributed by atoms with Gasteiger partial charge in [0.15, 0.2) is 0 Å². The molecule has 0 aliphatic carbocycles. The average molecular weight is 246 g/mol. The third-order valence-electron chi connectivity index (χ3n) is 2.70. The molecular weight excluding hydrogens is 232 g/mol. The first-order valence-electron chi connectivity index (χ1n) is 5.62. The van der Waals surface area contributed by atoms with Crippen LogP contribution in [0.4, 0.5) is 11.4 Å². The van der Waals surface area contributed by atoms with Gasteiger partial charge in [0.1, 0.15) is 5.52 Å². The van der Waals surface area contributed by atoms with Crippen LogP contribution in [0.2, 0.25) is 0 Å². The summed E-state index contributed by atoms with van der Waals surface area (Å²) in [4.78, 5) is 14.6. The highest BCUT2D eigenvalue weighted by atomic mass is 16.6. The van der Waals surface area contributed by atoms with E-state index in [1.807, 2.05) is 6.92 Å². The molecule has 1 aromatic heterocycles. The largest absolute Gasteiger partial charge is 0.381 e. The lowest BCUT2D eigenvalue weighted by Gasteiger charge is -2.14. The predicted molar refractivity (Wildman–Crippen MR) is 70.5 cm³/mol. The molecule has 1 atom stereocenters. The molecule has 6 nitrogen and oxygen atoms in total. The summed E-state index contributed by atoms with van der Waals surface area (Å²) in [6, 6.07) is 6.80. The molecule has 2 rings (SSSR count). The van der Waals surface area contributed by atoms with Crippen molar-refractivity contribution in [3.05, 3.63) is 40.6 Å². The SMILES string of the molecule is CC(CN)Nc1ccc([N+](=O)[O-])c2ncccc12. The molecule has 0 aliphatic heterocycles. The van der Waals surface area contributed by atoms with Gasteiger partial charge >= 0.3 is 0 Å². The Balaban J connectivity index is 2.57. The molecular formula is C12H14N4O2. The van der Waals surface area contributed by atoms with Gasteiger partial charge in [0.05, 0.1) is 4.92 Å². The van der Waals surface area contributed by atoms with Crippen molar-refractivity contribution >= 4 is 22.3 Å². The maximum absolute atomic E-state index is 10.9. The lowest BCUT2D eigenvalue weighted by molar-refractivity contribution is -0.383. The number of hydrogen-bond acceptors (Lipinski definition) is 5. The summed E-state index contributed by atoms with van der Waals surface area (Å²) in [6.07, 6.45) is 1.55. The van der Waals surface area contributed by atoms with Crippen LogP contribution in [0.15, 0.2) is 30.5 Å². The van der Waals surface area contributed by atoms with Crippen molar-refractivity contribution in [3.8, 4) is 0 Å². The fourth-order valence-electron chi connectivity index (χ4n) is 1.76. The van der Waals surface area contributed by atoms with Crippen LogP contribution < -0.4 is 11.1 Å². The topological polar surface area (TPSA) is 94.1 Å². The van der Waals surface area contributed by atoms with E-state index in [4.69, 9.17) is 5.73 Å². The fourth-order valence-corrected chi connectivity index (χ4v) is 1.76. The van der Waals surface area contributed by atoms with Gasteiger partial charge in [0.25, 0.3) is 5.69 Å². The molecule has 1 heterocycles. The highest BCUT2D eigenvalue weighted by Crippen LogP contribution is 2.29. The zero-order valence-electron chi connectivity index (χ0n) is 9.96. The molecule has 0 bridgehead atoms. The lowest BCUT2D eigenvalue weighted by atomic mass is 10.1. The van der Waals surface area contributed by atoms with Gasteiger partial charge in [-0.3, -0.25) is 10.1 Å². The maximum Gasteiger partial charge on any atom is 0.295 e. The zero-order chi connectivity index (χ0) is 13.1. The standard InChI is InChI=1S/C12H14N4O2/c1-8(7-13)15-10-4-5-11(16(17)18)12-9(10)3-2-6-14-12/h2-6,8,15H,7,13H2,1H3. The molecule has 0 fully saturated rings. The van der Waals surface area contributed by atoms with Crippen LogP contribution in [0.3, 0.4) is 0 Å². The highest BCUT2D eigenvalue weighted by molar-refractivity contribution is 5.96. The molecule has 0 spiro atoms. The first-order valence-corrected chi connectivity index (χ1v) is 5.62. The number of anilines is 1. The van der Waals surface area contributed by atoms with Gasteiger partial charge in [0, 0.05) is 35.9 Å². The van der Waals surface area contributed by atoms with Crippen LogP contribution in [0.1, 0.15) is 6.92 Å². The van der Waals surface area contributed by atoms with Crippen molar-refractivity contribution in [3.63, 3.8) is 0 Å². The maximum atomic E-state index is 10.9. The van der Waals surface area contributed by atoms with E-state index in [9.17, 15) is 10.1 Å². The number of fused-ring (bicyclic) bond motifs is 1. The van der Waals surface area contributed by atoms with E-state index in [0.29, 0.717) is 12.1 Å². The Bertz CT molecular complexity index is 585. The van der Waals surface area contributed by atoms with E-state index < -0.39 is 4.92 Å². The number of nitrogens with one attached hydrogen (secondary N) is 1. The number of rotatable bonds is 4. The number of hydrogen-bond donors (Lipinski definition) is 2. The molecule has 18 heavy (non-hydrogen) atoms. The Labute approximate surface area is 104 Å². The Hall–Kier alpha value is -2.21. The number of pyridine rings is 1. The normalized spacial score (nSPS) is 12.3. The molecule has 2 aromatic rings. The molecule has 1 unspecified atom stereocenters. The third-order valence-corrected chi connectivity index (χ3v) is 2.70. The van der Waals surface area contributed by atoms with E-state index in [2.05, 4.69) is 10.3 Å². The van der Waals surface area contributed by atoms with Gasteiger partial charge in [-0.2, -0.15) is 0 Å². The molecule has 1 aromatic carbocycles. The summed E-state index contributed by atoms with van der Waals surface area (Å²) in [5, 5.41) is 14.9. The second-order valence-electron chi connectivity index (χ2n) is 4.07. The third kappa shape index (κ3) is 2.23. The van der Waals surface area contributed by atoms with Gasteiger partial charge in [-0.25, -0.2) is 4.98 Å². The van der Waals surface area contributed by atoms with Crippen molar-refractivity contribution in [2.24, 2.45) is 5.73 Å². The van der Waals surface area contributed by atoms with Crippen LogP contribution in [0.5, 0.6) is 0 Å². The number of aromatic nitrogens is 1. The Kier molecular flexibility index (Phi) is 3.38. The van der Waals surface area contributed by atoms with Gasteiger partial charge in [-0.1, -0.05) is 0 Å². The number of nitro groups is 1. The number of nitrogens with zero attached hydrogens (tertiary/aromatic N) is 2. The molecule has 3 N–H and O–H groups in total. The van der Waals surface area contributed by atoms with E-state index in [0.717, 1.165) is 11.1 Å². The molecule has 94 valence electrons. The molecule has 0 saturated carbocycles. The zero-order valence-corrected chi connectivity index (χ0v) is 9.96. The smallest absolute Gasteiger partial charge is 0.295 e. The van der Waals surface area contributed by atoms with Crippen LogP contribution in [-0.2, 0) is 0 Å². The first kappa shape index (κ1) is 12.3. The highest BCUT2D eigenvalue weighted by Gasteiger charge is 2.15. The number of non-ortho nitro benzene ring substituents is 1. The summed E-state index contributed by atoms with van der Waals surface area (Å²) in [5.41, 5.74) is 6.76. The van der Waals surface area contributed by atoms with Crippen molar-refractivity contribution < 1.29 is 4.92 Å². The van der Waals surface area contributed by atoms with Gasteiger partial charge in [-0.05, 0) is 25.1 Å². The summed E-state index contributed by atoms with van der Waals surface area (Å²) < 4.78 is 0. The molecule has 0 amide bonds. The summed E-state index contributed by atoms with van der Waals surface area (Å²) in [5.74, 6) is 0. The number of benzene rings is 1. The van der Waals surface area contributed by atoms with Crippen LogP contribution in [-0.4, -0.2) is 22.5 Å². The Morgan fingerprint density at radius 3 is 2.94 bits per heavy atom. The van der Waals surface area contributed by atoms with Crippen molar-refractivity contribution in [1.29, 1.82) is 0 Å². The molecule has 0 aliphatic rings. The van der Waals surface area contributed by atoms with Crippen LogP contribution in [0, 0.1) is 10.1 Å². The Morgan fingerprint density at radius 1 is 1.50 bits per heavy atom. The lowest BCUT2D eigenvalue weighted by Crippen LogP contribution is -2.25.